The quantitative estimate of drug-likeness (QED) is 0.824. The Morgan fingerprint density at radius 2 is 2.18 bits per heavy atom. The predicted octanol–water partition coefficient (Wildman–Crippen LogP) is 0.511. The maximum absolute atomic E-state index is 11.9. The summed E-state index contributed by atoms with van der Waals surface area (Å²) >= 11 is 5.81. The molecule has 17 heavy (non-hydrogen) atoms. The molecule has 2 N–H and O–H groups in total. The van der Waals surface area contributed by atoms with Gasteiger partial charge in [0.15, 0.2) is 0 Å². The van der Waals surface area contributed by atoms with Crippen LogP contribution in [0.25, 0.3) is 0 Å². The predicted molar refractivity (Wildman–Crippen MR) is 64.3 cm³/mol. The summed E-state index contributed by atoms with van der Waals surface area (Å²) in [5, 5.41) is 9.03. The third kappa shape index (κ3) is 3.67. The minimum absolute atomic E-state index is 0.0572. The van der Waals surface area contributed by atoms with Gasteiger partial charge in [-0.15, -0.1) is 0 Å². The van der Waals surface area contributed by atoms with Gasteiger partial charge in [0, 0.05) is 13.1 Å². The molecule has 0 fully saturated rings. The topological polar surface area (TPSA) is 84.2 Å². The van der Waals surface area contributed by atoms with Crippen LogP contribution >= 0.6 is 11.6 Å². The van der Waals surface area contributed by atoms with E-state index in [0.29, 0.717) is 6.42 Å². The van der Waals surface area contributed by atoms with Crippen LogP contribution < -0.4 is 4.72 Å². The summed E-state index contributed by atoms with van der Waals surface area (Å²) in [4.78, 5) is 3.74. The van der Waals surface area contributed by atoms with E-state index < -0.39 is 22.2 Å². The van der Waals surface area contributed by atoms with Crippen molar-refractivity contribution in [2.45, 2.75) is 37.4 Å². The van der Waals surface area contributed by atoms with Crippen molar-refractivity contribution in [3.05, 3.63) is 11.5 Å². The number of aliphatic hydroxyl groups is 1. The summed E-state index contributed by atoms with van der Waals surface area (Å²) in [6.07, 6.45) is 1.08. The average Bonchev–Trinajstić information content (AvgIpc) is 2.45. The zero-order valence-corrected chi connectivity index (χ0v) is 11.5. The SMILES string of the molecule is CC(O)CC(C)NS(=O)(=O)c1ncn(C)c1Cl. The van der Waals surface area contributed by atoms with Crippen molar-refractivity contribution in [3.8, 4) is 0 Å². The van der Waals surface area contributed by atoms with E-state index in [0.717, 1.165) is 0 Å². The lowest BCUT2D eigenvalue weighted by Crippen LogP contribution is -2.35. The molecule has 0 aliphatic heterocycles. The normalized spacial score (nSPS) is 15.8. The van der Waals surface area contributed by atoms with Gasteiger partial charge in [-0.3, -0.25) is 0 Å². The molecule has 0 radical (unpaired) electrons. The van der Waals surface area contributed by atoms with E-state index in [1.807, 2.05) is 0 Å². The van der Waals surface area contributed by atoms with Gasteiger partial charge in [0.05, 0.1) is 12.4 Å². The molecule has 6 nitrogen and oxygen atoms in total. The zero-order valence-electron chi connectivity index (χ0n) is 9.88. The molecule has 1 rings (SSSR count). The second-order valence-electron chi connectivity index (χ2n) is 4.06. The van der Waals surface area contributed by atoms with Crippen LogP contribution in [0, 0.1) is 0 Å². The van der Waals surface area contributed by atoms with Gasteiger partial charge in [-0.2, -0.15) is 0 Å². The highest BCUT2D eigenvalue weighted by atomic mass is 35.5. The fraction of sp³-hybridized carbons (Fsp3) is 0.667. The molecule has 1 aromatic heterocycles. The van der Waals surface area contributed by atoms with Gasteiger partial charge in [0.25, 0.3) is 10.0 Å². The van der Waals surface area contributed by atoms with Gasteiger partial charge in [-0.1, -0.05) is 11.6 Å². The van der Waals surface area contributed by atoms with Crippen LogP contribution in [-0.2, 0) is 17.1 Å². The fourth-order valence-electron chi connectivity index (χ4n) is 1.45. The Balaban J connectivity index is 2.86. The van der Waals surface area contributed by atoms with Gasteiger partial charge in [-0.25, -0.2) is 18.1 Å². The van der Waals surface area contributed by atoms with Crippen LogP contribution in [0.3, 0.4) is 0 Å². The standard InChI is InChI=1S/C9H16ClN3O3S/c1-6(4-7(2)14)12-17(15,16)9-8(10)13(3)5-11-9/h5-7,12,14H,4H2,1-3H3. The molecule has 0 amide bonds. The minimum Gasteiger partial charge on any atom is -0.393 e. The van der Waals surface area contributed by atoms with Crippen LogP contribution in [0.2, 0.25) is 5.15 Å². The molecule has 0 bridgehead atoms. The first kappa shape index (κ1) is 14.4. The summed E-state index contributed by atoms with van der Waals surface area (Å²) in [5.41, 5.74) is 0. The number of rotatable bonds is 5. The summed E-state index contributed by atoms with van der Waals surface area (Å²) in [6.45, 7) is 3.26. The number of hydrogen-bond donors (Lipinski definition) is 2. The number of aromatic nitrogens is 2. The molecular weight excluding hydrogens is 266 g/mol. The summed E-state index contributed by atoms with van der Waals surface area (Å²) in [6, 6.07) is -0.391. The highest BCUT2D eigenvalue weighted by Crippen LogP contribution is 2.18. The number of sulfonamides is 1. The van der Waals surface area contributed by atoms with Crippen molar-refractivity contribution in [3.63, 3.8) is 0 Å². The zero-order chi connectivity index (χ0) is 13.2. The molecule has 1 heterocycles. The van der Waals surface area contributed by atoms with Crippen LogP contribution in [0.4, 0.5) is 0 Å². The molecule has 2 unspecified atom stereocenters. The molecular formula is C9H16ClN3O3S. The van der Waals surface area contributed by atoms with Gasteiger partial charge in [-0.05, 0) is 20.3 Å². The van der Waals surface area contributed by atoms with E-state index in [4.69, 9.17) is 16.7 Å². The van der Waals surface area contributed by atoms with E-state index in [9.17, 15) is 8.42 Å². The molecule has 2 atom stereocenters. The second-order valence-corrected chi connectivity index (χ2v) is 6.05. The van der Waals surface area contributed by atoms with Crippen LogP contribution in [0.5, 0.6) is 0 Å². The molecule has 1 aromatic rings. The lowest BCUT2D eigenvalue weighted by molar-refractivity contribution is 0.175. The largest absolute Gasteiger partial charge is 0.393 e. The number of aryl methyl sites for hydroxylation is 1. The van der Waals surface area contributed by atoms with Crippen LogP contribution in [-0.4, -0.2) is 35.2 Å². The van der Waals surface area contributed by atoms with E-state index in [2.05, 4.69) is 9.71 Å². The van der Waals surface area contributed by atoms with Crippen molar-refractivity contribution < 1.29 is 13.5 Å². The first-order valence-corrected chi connectivity index (χ1v) is 6.97. The molecule has 0 saturated heterocycles. The number of nitrogens with one attached hydrogen (secondary N) is 1. The second kappa shape index (κ2) is 5.34. The maximum Gasteiger partial charge on any atom is 0.261 e. The highest BCUT2D eigenvalue weighted by molar-refractivity contribution is 7.89. The Kier molecular flexibility index (Phi) is 4.54. The van der Waals surface area contributed by atoms with Gasteiger partial charge >= 0.3 is 0 Å². The molecule has 0 saturated carbocycles. The van der Waals surface area contributed by atoms with E-state index in [-0.39, 0.29) is 10.2 Å². The number of nitrogens with zero attached hydrogens (tertiary/aromatic N) is 2. The number of halogens is 1. The van der Waals surface area contributed by atoms with Gasteiger partial charge < -0.3 is 9.67 Å². The van der Waals surface area contributed by atoms with Gasteiger partial charge in [0.1, 0.15) is 5.15 Å². The molecule has 8 heteroatoms. The van der Waals surface area contributed by atoms with Gasteiger partial charge in [0.2, 0.25) is 5.03 Å². The highest BCUT2D eigenvalue weighted by Gasteiger charge is 2.24. The van der Waals surface area contributed by atoms with Crippen molar-refractivity contribution in [1.29, 1.82) is 0 Å². The van der Waals surface area contributed by atoms with E-state index >= 15 is 0 Å². The summed E-state index contributed by atoms with van der Waals surface area (Å²) in [5.74, 6) is 0. The van der Waals surface area contributed by atoms with Crippen LogP contribution in [0.15, 0.2) is 11.4 Å². The Morgan fingerprint density at radius 3 is 2.59 bits per heavy atom. The first-order chi connectivity index (χ1) is 7.74. The third-order valence-electron chi connectivity index (χ3n) is 2.14. The molecule has 0 aromatic carbocycles. The van der Waals surface area contributed by atoms with E-state index in [1.54, 1.807) is 20.9 Å². The van der Waals surface area contributed by atoms with Crippen molar-refractivity contribution >= 4 is 21.6 Å². The van der Waals surface area contributed by atoms with Crippen molar-refractivity contribution in [2.75, 3.05) is 0 Å². The fourth-order valence-corrected chi connectivity index (χ4v) is 3.14. The molecule has 0 aliphatic carbocycles. The van der Waals surface area contributed by atoms with Crippen molar-refractivity contribution in [2.24, 2.45) is 7.05 Å². The smallest absolute Gasteiger partial charge is 0.261 e. The summed E-state index contributed by atoms with van der Waals surface area (Å²) in [7, 11) is -2.14. The lowest BCUT2D eigenvalue weighted by Gasteiger charge is -2.14. The first-order valence-electron chi connectivity index (χ1n) is 5.11. The van der Waals surface area contributed by atoms with Crippen LogP contribution in [0.1, 0.15) is 20.3 Å². The van der Waals surface area contributed by atoms with E-state index in [1.165, 1.54) is 10.9 Å². The Labute approximate surface area is 106 Å². The Hall–Kier alpha value is -0.630. The minimum atomic E-state index is -3.74. The molecule has 98 valence electrons. The number of hydrogen-bond acceptors (Lipinski definition) is 4. The molecule has 0 spiro atoms. The number of imidazole rings is 1. The summed E-state index contributed by atoms with van der Waals surface area (Å²) < 4.78 is 27.6. The average molecular weight is 282 g/mol. The monoisotopic (exact) mass is 281 g/mol. The van der Waals surface area contributed by atoms with Crippen molar-refractivity contribution in [1.82, 2.24) is 14.3 Å². The Bertz CT molecular complexity index is 484. The number of aliphatic hydroxyl groups excluding tert-OH is 1. The third-order valence-corrected chi connectivity index (χ3v) is 4.22. The lowest BCUT2D eigenvalue weighted by atomic mass is 10.2. The maximum atomic E-state index is 11.9. The molecule has 0 aliphatic rings. The Morgan fingerprint density at radius 1 is 1.59 bits per heavy atom.